The van der Waals surface area contributed by atoms with E-state index in [9.17, 15) is 4.79 Å². The quantitative estimate of drug-likeness (QED) is 0.806. The van der Waals surface area contributed by atoms with Gasteiger partial charge in [0.05, 0.1) is 7.11 Å². The summed E-state index contributed by atoms with van der Waals surface area (Å²) >= 11 is 0. The molecular formula is C13H18N2O2. The van der Waals surface area contributed by atoms with Gasteiger partial charge in [-0.3, -0.25) is 4.79 Å². The van der Waals surface area contributed by atoms with E-state index in [1.165, 1.54) is 5.56 Å². The maximum atomic E-state index is 11.6. The molecular weight excluding hydrogens is 216 g/mol. The van der Waals surface area contributed by atoms with Gasteiger partial charge in [-0.25, -0.2) is 0 Å². The van der Waals surface area contributed by atoms with E-state index in [4.69, 9.17) is 10.5 Å². The third kappa shape index (κ3) is 2.00. The summed E-state index contributed by atoms with van der Waals surface area (Å²) in [7, 11) is 3.43. The number of rotatable bonds is 3. The maximum Gasteiger partial charge on any atom is 0.238 e. The minimum atomic E-state index is -0.612. The van der Waals surface area contributed by atoms with Crippen molar-refractivity contribution < 1.29 is 9.53 Å². The molecule has 1 amide bonds. The fourth-order valence-electron chi connectivity index (χ4n) is 2.45. The van der Waals surface area contributed by atoms with Crippen molar-refractivity contribution in [3.8, 4) is 5.75 Å². The van der Waals surface area contributed by atoms with Gasteiger partial charge in [-0.05, 0) is 49.6 Å². The van der Waals surface area contributed by atoms with Gasteiger partial charge in [0.1, 0.15) is 11.3 Å². The number of nitrogens with two attached hydrogens (primary N) is 1. The van der Waals surface area contributed by atoms with Crippen LogP contribution in [0.1, 0.15) is 17.5 Å². The number of carbonyl (C=O) groups is 1. The van der Waals surface area contributed by atoms with Gasteiger partial charge < -0.3 is 15.8 Å². The van der Waals surface area contributed by atoms with Crippen molar-refractivity contribution in [1.29, 1.82) is 0 Å². The van der Waals surface area contributed by atoms with Crippen molar-refractivity contribution in [3.63, 3.8) is 0 Å². The Morgan fingerprint density at radius 1 is 1.47 bits per heavy atom. The Hall–Kier alpha value is -1.55. The lowest BCUT2D eigenvalue weighted by Crippen LogP contribution is -2.57. The van der Waals surface area contributed by atoms with Crippen molar-refractivity contribution in [1.82, 2.24) is 5.32 Å². The summed E-state index contributed by atoms with van der Waals surface area (Å²) in [5.41, 5.74) is 7.31. The zero-order chi connectivity index (χ0) is 12.5. The molecule has 0 aliphatic heterocycles. The molecule has 0 fully saturated rings. The van der Waals surface area contributed by atoms with Crippen LogP contribution < -0.4 is 15.8 Å². The normalized spacial score (nSPS) is 22.9. The van der Waals surface area contributed by atoms with Gasteiger partial charge in [0, 0.05) is 0 Å². The molecule has 0 spiro atoms. The zero-order valence-electron chi connectivity index (χ0n) is 10.2. The van der Waals surface area contributed by atoms with Gasteiger partial charge in [-0.2, -0.15) is 0 Å². The molecule has 0 aromatic heterocycles. The predicted molar refractivity (Wildman–Crippen MR) is 66.0 cm³/mol. The smallest absolute Gasteiger partial charge is 0.238 e. The molecule has 1 unspecified atom stereocenters. The SMILES string of the molecule is CNC1(C(N)=O)CCc2ccc(OC)cc2C1. The predicted octanol–water partition coefficient (Wildman–Crippen LogP) is 0.627. The van der Waals surface area contributed by atoms with Crippen LogP contribution in [0.4, 0.5) is 0 Å². The van der Waals surface area contributed by atoms with E-state index < -0.39 is 5.54 Å². The number of hydrogen-bond donors (Lipinski definition) is 2. The Morgan fingerprint density at radius 3 is 2.82 bits per heavy atom. The van der Waals surface area contributed by atoms with Gasteiger partial charge in [0.25, 0.3) is 0 Å². The summed E-state index contributed by atoms with van der Waals surface area (Å²) in [5.74, 6) is 0.536. The van der Waals surface area contributed by atoms with Crippen LogP contribution in [0.2, 0.25) is 0 Å². The Bertz CT molecular complexity index is 445. The van der Waals surface area contributed by atoms with E-state index in [0.717, 1.165) is 24.2 Å². The first-order valence-electron chi connectivity index (χ1n) is 5.76. The molecule has 0 heterocycles. The maximum absolute atomic E-state index is 11.6. The number of fused-ring (bicyclic) bond motifs is 1. The zero-order valence-corrected chi connectivity index (χ0v) is 10.2. The molecule has 1 atom stereocenters. The summed E-state index contributed by atoms with van der Waals surface area (Å²) in [6.45, 7) is 0. The first-order chi connectivity index (χ1) is 8.11. The highest BCUT2D eigenvalue weighted by molar-refractivity contribution is 5.85. The highest BCUT2D eigenvalue weighted by Crippen LogP contribution is 2.30. The van der Waals surface area contributed by atoms with E-state index in [0.29, 0.717) is 6.42 Å². The molecule has 92 valence electrons. The molecule has 0 saturated carbocycles. The average molecular weight is 234 g/mol. The lowest BCUT2D eigenvalue weighted by molar-refractivity contribution is -0.124. The summed E-state index contributed by atoms with van der Waals surface area (Å²) in [5, 5.41) is 3.08. The summed E-state index contributed by atoms with van der Waals surface area (Å²) in [6, 6.07) is 6.01. The largest absolute Gasteiger partial charge is 0.497 e. The fourth-order valence-corrected chi connectivity index (χ4v) is 2.45. The van der Waals surface area contributed by atoms with E-state index in [1.54, 1.807) is 14.2 Å². The Labute approximate surface area is 101 Å². The number of amides is 1. The molecule has 0 saturated heterocycles. The number of carbonyl (C=O) groups excluding carboxylic acids is 1. The summed E-state index contributed by atoms with van der Waals surface area (Å²) in [6.07, 6.45) is 2.24. The third-order valence-corrected chi connectivity index (χ3v) is 3.68. The van der Waals surface area contributed by atoms with E-state index in [1.807, 2.05) is 12.1 Å². The standard InChI is InChI=1S/C13H18N2O2/c1-15-13(12(14)16)6-5-9-3-4-11(17-2)7-10(9)8-13/h3-4,7,15H,5-6,8H2,1-2H3,(H2,14,16). The van der Waals surface area contributed by atoms with Crippen molar-refractivity contribution >= 4 is 5.91 Å². The summed E-state index contributed by atoms with van der Waals surface area (Å²) < 4.78 is 5.21. The molecule has 0 bridgehead atoms. The lowest BCUT2D eigenvalue weighted by atomic mass is 9.77. The Kier molecular flexibility index (Phi) is 3.07. The number of likely N-dealkylation sites (N-methyl/N-ethyl adjacent to an activating group) is 1. The number of hydrogen-bond acceptors (Lipinski definition) is 3. The first kappa shape index (κ1) is 11.9. The van der Waals surface area contributed by atoms with Crippen LogP contribution in [-0.4, -0.2) is 25.6 Å². The molecule has 4 heteroatoms. The van der Waals surface area contributed by atoms with Crippen LogP contribution in [0.5, 0.6) is 5.75 Å². The van der Waals surface area contributed by atoms with E-state index in [2.05, 4.69) is 11.4 Å². The number of ether oxygens (including phenoxy) is 1. The topological polar surface area (TPSA) is 64.3 Å². The second-order valence-electron chi connectivity index (χ2n) is 4.51. The van der Waals surface area contributed by atoms with Crippen LogP contribution in [0, 0.1) is 0 Å². The molecule has 1 aromatic carbocycles. The van der Waals surface area contributed by atoms with Crippen molar-refractivity contribution in [3.05, 3.63) is 29.3 Å². The highest BCUT2D eigenvalue weighted by Gasteiger charge is 2.38. The second-order valence-corrected chi connectivity index (χ2v) is 4.51. The number of aryl methyl sites for hydroxylation is 1. The highest BCUT2D eigenvalue weighted by atomic mass is 16.5. The Morgan fingerprint density at radius 2 is 2.24 bits per heavy atom. The molecule has 3 N–H and O–H groups in total. The molecule has 2 rings (SSSR count). The van der Waals surface area contributed by atoms with Gasteiger partial charge in [0.15, 0.2) is 0 Å². The number of primary amides is 1. The molecule has 1 aromatic rings. The third-order valence-electron chi connectivity index (χ3n) is 3.68. The monoisotopic (exact) mass is 234 g/mol. The Balaban J connectivity index is 2.36. The molecule has 1 aliphatic rings. The van der Waals surface area contributed by atoms with E-state index >= 15 is 0 Å². The number of benzene rings is 1. The average Bonchev–Trinajstić information content (AvgIpc) is 2.37. The van der Waals surface area contributed by atoms with Gasteiger partial charge >= 0.3 is 0 Å². The molecule has 4 nitrogen and oxygen atoms in total. The molecule has 0 radical (unpaired) electrons. The van der Waals surface area contributed by atoms with Crippen LogP contribution in [0.15, 0.2) is 18.2 Å². The minimum absolute atomic E-state index is 0.284. The number of nitrogens with one attached hydrogen (secondary N) is 1. The van der Waals surface area contributed by atoms with E-state index in [-0.39, 0.29) is 5.91 Å². The first-order valence-corrected chi connectivity index (χ1v) is 5.76. The minimum Gasteiger partial charge on any atom is -0.497 e. The second kappa shape index (κ2) is 4.37. The summed E-state index contributed by atoms with van der Waals surface area (Å²) in [4.78, 5) is 11.6. The van der Waals surface area contributed by atoms with Crippen LogP contribution in [0.25, 0.3) is 0 Å². The van der Waals surface area contributed by atoms with Crippen molar-refractivity contribution in [2.75, 3.05) is 14.2 Å². The van der Waals surface area contributed by atoms with Gasteiger partial charge in [-0.1, -0.05) is 6.07 Å². The lowest BCUT2D eigenvalue weighted by Gasteiger charge is -2.35. The van der Waals surface area contributed by atoms with Gasteiger partial charge in [-0.15, -0.1) is 0 Å². The fraction of sp³-hybridized carbons (Fsp3) is 0.462. The molecule has 1 aliphatic carbocycles. The molecule has 17 heavy (non-hydrogen) atoms. The van der Waals surface area contributed by atoms with Gasteiger partial charge in [0.2, 0.25) is 5.91 Å². The van der Waals surface area contributed by atoms with Crippen LogP contribution in [-0.2, 0) is 17.6 Å². The van der Waals surface area contributed by atoms with Crippen LogP contribution >= 0.6 is 0 Å². The van der Waals surface area contributed by atoms with Crippen molar-refractivity contribution in [2.24, 2.45) is 5.73 Å². The number of methoxy groups -OCH3 is 1. The van der Waals surface area contributed by atoms with Crippen LogP contribution in [0.3, 0.4) is 0 Å². The van der Waals surface area contributed by atoms with Crippen molar-refractivity contribution in [2.45, 2.75) is 24.8 Å².